The minimum absolute atomic E-state index is 0.442. The van der Waals surface area contributed by atoms with Gasteiger partial charge < -0.3 is 10.5 Å². The van der Waals surface area contributed by atoms with E-state index in [1.165, 1.54) is 19.5 Å². The summed E-state index contributed by atoms with van der Waals surface area (Å²) in [5, 5.41) is 0.442. The Morgan fingerprint density at radius 2 is 2.38 bits per heavy atom. The van der Waals surface area contributed by atoms with E-state index in [0.717, 1.165) is 0 Å². The Kier molecular flexibility index (Phi) is 3.22. The topological polar surface area (TPSA) is 65.2 Å². The van der Waals surface area contributed by atoms with Crippen LogP contribution in [0.1, 0.15) is 11.6 Å². The molecule has 0 saturated heterocycles. The van der Waals surface area contributed by atoms with Gasteiger partial charge in [0, 0.05) is 12.4 Å². The van der Waals surface area contributed by atoms with Crippen molar-refractivity contribution in [3.05, 3.63) is 29.0 Å². The van der Waals surface area contributed by atoms with Gasteiger partial charge in [0.25, 0.3) is 0 Å². The molecule has 5 heteroatoms. The van der Waals surface area contributed by atoms with Crippen molar-refractivity contribution in [2.45, 2.75) is 6.04 Å². The van der Waals surface area contributed by atoms with Gasteiger partial charge in [-0.25, -0.2) is 0 Å². The van der Waals surface area contributed by atoms with Crippen LogP contribution in [0.4, 0.5) is 0 Å². The van der Waals surface area contributed by atoms with Crippen molar-refractivity contribution in [1.82, 2.24) is 4.98 Å². The maximum absolute atomic E-state index is 11.0. The summed E-state index contributed by atoms with van der Waals surface area (Å²) in [5.74, 6) is -0.510. The Bertz CT molecular complexity index is 317. The van der Waals surface area contributed by atoms with Gasteiger partial charge in [0.15, 0.2) is 0 Å². The summed E-state index contributed by atoms with van der Waals surface area (Å²) in [5.41, 5.74) is 6.09. The molecular weight excluding hydrogens is 192 g/mol. The number of nitrogens with zero attached hydrogens (tertiary/aromatic N) is 1. The van der Waals surface area contributed by atoms with Crippen LogP contribution in [-0.4, -0.2) is 18.1 Å². The van der Waals surface area contributed by atoms with Gasteiger partial charge >= 0.3 is 5.97 Å². The van der Waals surface area contributed by atoms with Gasteiger partial charge in [-0.1, -0.05) is 11.6 Å². The first-order chi connectivity index (χ1) is 6.15. The molecule has 1 aromatic heterocycles. The molecule has 0 aliphatic rings. The third-order valence-corrected chi connectivity index (χ3v) is 1.75. The molecule has 0 bridgehead atoms. The van der Waals surface area contributed by atoms with E-state index in [1.807, 2.05) is 0 Å². The van der Waals surface area contributed by atoms with Crippen LogP contribution in [0.2, 0.25) is 5.02 Å². The van der Waals surface area contributed by atoms with Crippen molar-refractivity contribution in [2.75, 3.05) is 7.11 Å². The third-order valence-electron chi connectivity index (χ3n) is 1.54. The van der Waals surface area contributed by atoms with Crippen LogP contribution in [-0.2, 0) is 9.53 Å². The molecule has 1 aromatic rings. The van der Waals surface area contributed by atoms with Gasteiger partial charge in [0.05, 0.1) is 12.1 Å². The summed E-state index contributed by atoms with van der Waals surface area (Å²) in [6.45, 7) is 0. The Hall–Kier alpha value is -1.13. The highest BCUT2D eigenvalue weighted by atomic mass is 35.5. The fourth-order valence-corrected chi connectivity index (χ4v) is 1.04. The van der Waals surface area contributed by atoms with E-state index in [-0.39, 0.29) is 0 Å². The summed E-state index contributed by atoms with van der Waals surface area (Å²) in [6, 6.07) is 0.757. The maximum Gasteiger partial charge on any atom is 0.327 e. The van der Waals surface area contributed by atoms with E-state index in [4.69, 9.17) is 17.3 Å². The van der Waals surface area contributed by atoms with Gasteiger partial charge in [0.2, 0.25) is 0 Å². The number of carbonyl (C=O) groups excluding carboxylic acids is 1. The molecule has 13 heavy (non-hydrogen) atoms. The zero-order chi connectivity index (χ0) is 9.84. The van der Waals surface area contributed by atoms with Gasteiger partial charge in [-0.3, -0.25) is 9.78 Å². The number of nitrogens with two attached hydrogens (primary N) is 1. The summed E-state index contributed by atoms with van der Waals surface area (Å²) >= 11 is 5.67. The second kappa shape index (κ2) is 4.20. The van der Waals surface area contributed by atoms with E-state index >= 15 is 0 Å². The number of rotatable bonds is 2. The molecule has 1 atom stereocenters. The lowest BCUT2D eigenvalue weighted by molar-refractivity contribution is -0.142. The first-order valence-electron chi connectivity index (χ1n) is 3.59. The molecule has 2 N–H and O–H groups in total. The van der Waals surface area contributed by atoms with Gasteiger partial charge in [-0.15, -0.1) is 0 Å². The number of aromatic nitrogens is 1. The predicted molar refractivity (Wildman–Crippen MR) is 48.2 cm³/mol. The molecule has 1 rings (SSSR count). The minimum Gasteiger partial charge on any atom is -0.468 e. The number of pyridine rings is 1. The first-order valence-corrected chi connectivity index (χ1v) is 3.97. The van der Waals surface area contributed by atoms with Crippen molar-refractivity contribution in [3.63, 3.8) is 0 Å². The highest BCUT2D eigenvalue weighted by molar-refractivity contribution is 6.30. The Morgan fingerprint density at radius 3 is 2.92 bits per heavy atom. The fourth-order valence-electron chi connectivity index (χ4n) is 0.861. The SMILES string of the molecule is COC(=O)C(N)c1cncc(Cl)c1. The lowest BCUT2D eigenvalue weighted by Gasteiger charge is -2.08. The van der Waals surface area contributed by atoms with E-state index < -0.39 is 12.0 Å². The summed E-state index contributed by atoms with van der Waals surface area (Å²) in [4.78, 5) is 14.8. The minimum atomic E-state index is -0.823. The number of ether oxygens (including phenoxy) is 1. The molecule has 70 valence electrons. The molecule has 4 nitrogen and oxygen atoms in total. The van der Waals surface area contributed by atoms with Crippen molar-refractivity contribution in [2.24, 2.45) is 5.73 Å². The van der Waals surface area contributed by atoms with Crippen LogP contribution in [0.3, 0.4) is 0 Å². The van der Waals surface area contributed by atoms with Crippen LogP contribution in [0.25, 0.3) is 0 Å². The van der Waals surface area contributed by atoms with Crippen LogP contribution >= 0.6 is 11.6 Å². The predicted octanol–water partition coefficient (Wildman–Crippen LogP) is 0.908. The van der Waals surface area contributed by atoms with Crippen molar-refractivity contribution < 1.29 is 9.53 Å². The molecule has 1 heterocycles. The second-order valence-electron chi connectivity index (χ2n) is 2.44. The van der Waals surface area contributed by atoms with E-state index in [9.17, 15) is 4.79 Å². The normalized spacial score (nSPS) is 12.2. The standard InChI is InChI=1S/C8H9ClN2O2/c1-13-8(12)7(10)5-2-6(9)4-11-3-5/h2-4,7H,10H2,1H3. The Balaban J connectivity index is 2.88. The zero-order valence-corrected chi connectivity index (χ0v) is 7.78. The summed E-state index contributed by atoms with van der Waals surface area (Å²) in [7, 11) is 1.28. The van der Waals surface area contributed by atoms with Crippen molar-refractivity contribution in [3.8, 4) is 0 Å². The third kappa shape index (κ3) is 2.40. The average molecular weight is 201 g/mol. The first kappa shape index (κ1) is 9.95. The summed E-state index contributed by atoms with van der Waals surface area (Å²) in [6.07, 6.45) is 2.95. The second-order valence-corrected chi connectivity index (χ2v) is 2.87. The Morgan fingerprint density at radius 1 is 1.69 bits per heavy atom. The summed E-state index contributed by atoms with van der Waals surface area (Å²) < 4.78 is 4.47. The van der Waals surface area contributed by atoms with Gasteiger partial charge in [-0.05, 0) is 11.6 Å². The number of carbonyl (C=O) groups is 1. The van der Waals surface area contributed by atoms with Crippen LogP contribution < -0.4 is 5.73 Å². The number of esters is 1. The fraction of sp³-hybridized carbons (Fsp3) is 0.250. The monoisotopic (exact) mass is 200 g/mol. The average Bonchev–Trinajstić information content (AvgIpc) is 2.15. The highest BCUT2D eigenvalue weighted by Crippen LogP contribution is 2.14. The van der Waals surface area contributed by atoms with Crippen molar-refractivity contribution in [1.29, 1.82) is 0 Å². The highest BCUT2D eigenvalue weighted by Gasteiger charge is 2.16. The molecule has 0 fully saturated rings. The quantitative estimate of drug-likeness (QED) is 0.721. The van der Waals surface area contributed by atoms with Crippen molar-refractivity contribution >= 4 is 17.6 Å². The molecule has 0 radical (unpaired) electrons. The van der Waals surface area contributed by atoms with E-state index in [1.54, 1.807) is 6.07 Å². The zero-order valence-electron chi connectivity index (χ0n) is 7.03. The molecule has 1 unspecified atom stereocenters. The largest absolute Gasteiger partial charge is 0.468 e. The smallest absolute Gasteiger partial charge is 0.327 e. The van der Waals surface area contributed by atoms with Crippen LogP contribution in [0.15, 0.2) is 18.5 Å². The molecule has 0 spiro atoms. The van der Waals surface area contributed by atoms with Crippen LogP contribution in [0, 0.1) is 0 Å². The van der Waals surface area contributed by atoms with E-state index in [0.29, 0.717) is 10.6 Å². The lowest BCUT2D eigenvalue weighted by atomic mass is 10.1. The van der Waals surface area contributed by atoms with Gasteiger partial charge in [0.1, 0.15) is 6.04 Å². The molecule has 0 aliphatic heterocycles. The van der Waals surface area contributed by atoms with Gasteiger partial charge in [-0.2, -0.15) is 0 Å². The number of halogens is 1. The Labute approximate surface area is 80.7 Å². The lowest BCUT2D eigenvalue weighted by Crippen LogP contribution is -2.22. The molecule has 0 aliphatic carbocycles. The number of hydrogen-bond acceptors (Lipinski definition) is 4. The van der Waals surface area contributed by atoms with E-state index in [2.05, 4.69) is 9.72 Å². The van der Waals surface area contributed by atoms with Crippen LogP contribution in [0.5, 0.6) is 0 Å². The molecule has 0 aromatic carbocycles. The number of methoxy groups -OCH3 is 1. The molecule has 0 amide bonds. The maximum atomic E-state index is 11.0. The molecule has 0 saturated carbocycles. The molecular formula is C8H9ClN2O2. The number of hydrogen-bond donors (Lipinski definition) is 1.